The molecule has 2 fully saturated rings. The van der Waals surface area contributed by atoms with E-state index in [0.29, 0.717) is 6.79 Å². The van der Waals surface area contributed by atoms with E-state index in [1.54, 1.807) is 0 Å². The Hall–Kier alpha value is -3.80. The van der Waals surface area contributed by atoms with Gasteiger partial charge in [0.15, 0.2) is 5.78 Å². The van der Waals surface area contributed by atoms with E-state index in [9.17, 15) is 4.79 Å². The predicted octanol–water partition coefficient (Wildman–Crippen LogP) is 7.51. The summed E-state index contributed by atoms with van der Waals surface area (Å²) in [5, 5.41) is 12.1. The van der Waals surface area contributed by atoms with Crippen molar-refractivity contribution in [2.24, 2.45) is 0 Å². The molecule has 9 rings (SSSR count). The largest absolute Gasteiger partial charge is 0.348 e. The quantitative estimate of drug-likeness (QED) is 0.159. The van der Waals surface area contributed by atoms with Gasteiger partial charge in [-0.15, -0.1) is 12.4 Å². The van der Waals surface area contributed by atoms with Crippen LogP contribution in [-0.4, -0.2) is 48.8 Å². The zero-order valence-electron chi connectivity index (χ0n) is 21.7. The maximum Gasteiger partial charge on any atom is 0.184 e. The van der Waals surface area contributed by atoms with Crippen LogP contribution in [0.2, 0.25) is 0 Å². The van der Waals surface area contributed by atoms with Crippen LogP contribution in [0, 0.1) is 0 Å². The molecule has 0 saturated carbocycles. The van der Waals surface area contributed by atoms with Gasteiger partial charge in [0.25, 0.3) is 0 Å². The first-order valence-corrected chi connectivity index (χ1v) is 13.6. The smallest absolute Gasteiger partial charge is 0.184 e. The van der Waals surface area contributed by atoms with Crippen LogP contribution in [0.4, 0.5) is 0 Å². The molecular weight excluding hydrogens is 518 g/mol. The van der Waals surface area contributed by atoms with Crippen LogP contribution < -0.4 is 0 Å². The van der Waals surface area contributed by atoms with E-state index in [4.69, 9.17) is 9.47 Å². The first kappa shape index (κ1) is 24.0. The Labute approximate surface area is 237 Å². The highest BCUT2D eigenvalue weighted by molar-refractivity contribution is 6.17. The lowest BCUT2D eigenvalue weighted by atomic mass is 9.88. The molecule has 5 heteroatoms. The molecule has 0 spiro atoms. The molecule has 196 valence electrons. The number of benzene rings is 6. The van der Waals surface area contributed by atoms with Crippen molar-refractivity contribution in [3.63, 3.8) is 0 Å². The molecule has 3 unspecified atom stereocenters. The maximum absolute atomic E-state index is 13.7. The fourth-order valence-corrected chi connectivity index (χ4v) is 6.93. The van der Waals surface area contributed by atoms with E-state index in [1.165, 1.54) is 43.1 Å². The van der Waals surface area contributed by atoms with Gasteiger partial charge in [0.1, 0.15) is 19.0 Å². The number of halogens is 1. The molecule has 3 aliphatic rings. The number of carbonyl (C=O) groups excluding carboxylic acids is 1. The summed E-state index contributed by atoms with van der Waals surface area (Å²) in [6.07, 6.45) is 4.29. The average Bonchev–Trinajstić information content (AvgIpc) is 3.56. The van der Waals surface area contributed by atoms with E-state index < -0.39 is 0 Å². The number of Topliss-reactive ketones (excluding diaryl/α,β-unsaturated/α-hetero) is 1. The van der Waals surface area contributed by atoms with Gasteiger partial charge in [0.05, 0.1) is 6.04 Å². The second kappa shape index (κ2) is 8.85. The summed E-state index contributed by atoms with van der Waals surface area (Å²) in [5.74, 6) is 0.158. The Morgan fingerprint density at radius 3 is 1.82 bits per heavy atom. The second-order valence-electron chi connectivity index (χ2n) is 11.2. The molecule has 2 saturated heterocycles. The van der Waals surface area contributed by atoms with Gasteiger partial charge in [0, 0.05) is 18.7 Å². The van der Waals surface area contributed by atoms with Crippen LogP contribution in [0.5, 0.6) is 0 Å². The highest BCUT2D eigenvalue weighted by Gasteiger charge is 2.43. The van der Waals surface area contributed by atoms with Gasteiger partial charge in [-0.3, -0.25) is 9.69 Å². The van der Waals surface area contributed by atoms with Gasteiger partial charge in [-0.05, 0) is 108 Å². The molecule has 1 aliphatic carbocycles. The minimum atomic E-state index is -0.268. The minimum Gasteiger partial charge on any atom is -0.348 e. The summed E-state index contributed by atoms with van der Waals surface area (Å²) in [6.45, 7) is 1.82. The monoisotopic (exact) mass is 543 g/mol. The molecule has 6 aromatic rings. The standard InChI is InChI=1S/C35H25NO3.ClH/c37-35-31-16-28-15-30-23(6-5-22-11-25-9-20-3-1-2-4-21(20)10-27(25)14-29(22)30)12-26(28)13-24(31)7-8-32(35)36-17-33-34(18-36)39-19-38-33;/h1-16,32-34H,17-19H2;1H. The van der Waals surface area contributed by atoms with Crippen LogP contribution >= 0.6 is 12.4 Å². The van der Waals surface area contributed by atoms with Gasteiger partial charge < -0.3 is 9.47 Å². The van der Waals surface area contributed by atoms with Crippen LogP contribution in [0.25, 0.3) is 59.9 Å². The summed E-state index contributed by atoms with van der Waals surface area (Å²) in [6, 6.07) is 30.7. The summed E-state index contributed by atoms with van der Waals surface area (Å²) in [4.78, 5) is 15.9. The number of nitrogens with zero attached hydrogens (tertiary/aromatic N) is 1. The third-order valence-corrected chi connectivity index (χ3v) is 8.98. The zero-order valence-corrected chi connectivity index (χ0v) is 22.5. The summed E-state index contributed by atoms with van der Waals surface area (Å²) in [7, 11) is 0. The molecule has 3 atom stereocenters. The third-order valence-electron chi connectivity index (χ3n) is 8.98. The van der Waals surface area contributed by atoms with Crippen LogP contribution in [0.1, 0.15) is 15.9 Å². The maximum atomic E-state index is 13.7. The number of hydrogen-bond donors (Lipinski definition) is 0. The first-order chi connectivity index (χ1) is 19.2. The first-order valence-electron chi connectivity index (χ1n) is 13.6. The average molecular weight is 544 g/mol. The van der Waals surface area contributed by atoms with Crippen LogP contribution in [0.3, 0.4) is 0 Å². The fraction of sp³-hybridized carbons (Fsp3) is 0.171. The van der Waals surface area contributed by atoms with Gasteiger partial charge in [-0.2, -0.15) is 0 Å². The number of ketones is 1. The molecule has 6 aromatic carbocycles. The summed E-state index contributed by atoms with van der Waals surface area (Å²) < 4.78 is 11.4. The van der Waals surface area contributed by atoms with Gasteiger partial charge in [-0.1, -0.05) is 48.6 Å². The topological polar surface area (TPSA) is 38.8 Å². The van der Waals surface area contributed by atoms with Gasteiger partial charge in [-0.25, -0.2) is 0 Å². The Morgan fingerprint density at radius 2 is 1.18 bits per heavy atom. The molecule has 0 aromatic heterocycles. The zero-order chi connectivity index (χ0) is 25.7. The number of hydrogen-bond acceptors (Lipinski definition) is 4. The minimum absolute atomic E-state index is 0. The predicted molar refractivity (Wildman–Crippen MR) is 165 cm³/mol. The van der Waals surface area contributed by atoms with Crippen molar-refractivity contribution < 1.29 is 14.3 Å². The van der Waals surface area contributed by atoms with E-state index in [2.05, 4.69) is 95.9 Å². The summed E-state index contributed by atoms with van der Waals surface area (Å²) in [5.41, 5.74) is 1.79. The fourth-order valence-electron chi connectivity index (χ4n) is 6.93. The van der Waals surface area contributed by atoms with Crippen molar-refractivity contribution in [2.45, 2.75) is 18.2 Å². The molecule has 0 N–H and O–H groups in total. The molecule has 2 aliphatic heterocycles. The summed E-state index contributed by atoms with van der Waals surface area (Å²) >= 11 is 0. The number of ether oxygens (including phenoxy) is 2. The van der Waals surface area contributed by atoms with Crippen molar-refractivity contribution in [3.05, 3.63) is 102 Å². The lowest BCUT2D eigenvalue weighted by molar-refractivity contribution is 0.0124. The second-order valence-corrected chi connectivity index (χ2v) is 11.2. The van der Waals surface area contributed by atoms with Crippen molar-refractivity contribution >= 4 is 78.1 Å². The number of likely N-dealkylation sites (tertiary alicyclic amines) is 1. The van der Waals surface area contributed by atoms with Crippen molar-refractivity contribution in [3.8, 4) is 0 Å². The lowest BCUT2D eigenvalue weighted by Gasteiger charge is -2.27. The van der Waals surface area contributed by atoms with Crippen molar-refractivity contribution in [1.82, 2.24) is 4.90 Å². The molecule has 0 bridgehead atoms. The van der Waals surface area contributed by atoms with E-state index in [1.807, 2.05) is 6.08 Å². The molecule has 0 amide bonds. The molecule has 40 heavy (non-hydrogen) atoms. The Bertz CT molecular complexity index is 2050. The molecule has 0 radical (unpaired) electrons. The van der Waals surface area contributed by atoms with E-state index in [-0.39, 0.29) is 36.4 Å². The third kappa shape index (κ3) is 3.54. The molecular formula is C35H26ClNO3. The highest BCUT2D eigenvalue weighted by atomic mass is 35.5. The SMILES string of the molecule is Cl.O=C1c2cc3cc4c(ccc5cc6cc7ccccc7cc6cc54)cc3cc2C=CC1N1CC2OCOC2C1. The highest BCUT2D eigenvalue weighted by Crippen LogP contribution is 2.36. The Balaban J connectivity index is 0.00000245. The molecule has 2 heterocycles. The molecule has 4 nitrogen and oxygen atoms in total. The number of fused-ring (bicyclic) bond motifs is 8. The van der Waals surface area contributed by atoms with Crippen LogP contribution in [-0.2, 0) is 9.47 Å². The van der Waals surface area contributed by atoms with E-state index in [0.717, 1.165) is 35.0 Å². The number of carbonyl (C=O) groups is 1. The van der Waals surface area contributed by atoms with Crippen LogP contribution in [0.15, 0.2) is 91.0 Å². The van der Waals surface area contributed by atoms with Gasteiger partial charge >= 0.3 is 0 Å². The normalized spacial score (nSPS) is 22.4. The lowest BCUT2D eigenvalue weighted by Crippen LogP contribution is -2.41. The van der Waals surface area contributed by atoms with Gasteiger partial charge in [0.2, 0.25) is 0 Å². The van der Waals surface area contributed by atoms with Crippen molar-refractivity contribution in [1.29, 1.82) is 0 Å². The number of rotatable bonds is 1. The van der Waals surface area contributed by atoms with E-state index >= 15 is 0 Å². The van der Waals surface area contributed by atoms with Crippen molar-refractivity contribution in [2.75, 3.05) is 19.9 Å². The Kier molecular flexibility index (Phi) is 5.32. The Morgan fingerprint density at radius 1 is 0.625 bits per heavy atom.